The number of carbonyl (C=O) groups is 1. The highest BCUT2D eigenvalue weighted by Gasteiger charge is 2.20. The number of amides is 1. The van der Waals surface area contributed by atoms with E-state index in [9.17, 15) is 4.79 Å². The Morgan fingerprint density at radius 3 is 2.40 bits per heavy atom. The molecular formula is C12H22ClNO. The van der Waals surface area contributed by atoms with Crippen LogP contribution in [-0.2, 0) is 4.79 Å². The molecule has 1 aliphatic rings. The van der Waals surface area contributed by atoms with Gasteiger partial charge in [-0.3, -0.25) is 4.79 Å². The van der Waals surface area contributed by atoms with E-state index in [4.69, 9.17) is 11.6 Å². The van der Waals surface area contributed by atoms with Crippen molar-refractivity contribution >= 4 is 17.5 Å². The molecule has 2 nitrogen and oxygen atoms in total. The number of carbonyl (C=O) groups excluding carboxylic acids is 1. The minimum atomic E-state index is 0.266. The van der Waals surface area contributed by atoms with E-state index in [1.54, 1.807) is 0 Å². The van der Waals surface area contributed by atoms with Crippen molar-refractivity contribution < 1.29 is 4.79 Å². The molecule has 0 unspecified atom stereocenters. The lowest BCUT2D eigenvalue weighted by molar-refractivity contribution is -0.132. The molecule has 0 atom stereocenters. The van der Waals surface area contributed by atoms with E-state index in [1.807, 2.05) is 11.9 Å². The second-order valence-electron chi connectivity index (χ2n) is 4.44. The van der Waals surface area contributed by atoms with Gasteiger partial charge in [-0.25, -0.2) is 0 Å². The standard InChI is InChI=1S/C12H22ClNO/c1-14(12(15)9-6-10-13)11-7-4-2-3-5-8-11/h11H,2-10H2,1H3. The molecule has 1 amide bonds. The first-order valence-corrected chi connectivity index (χ1v) is 6.60. The summed E-state index contributed by atoms with van der Waals surface area (Å²) in [7, 11) is 1.95. The van der Waals surface area contributed by atoms with Gasteiger partial charge in [-0.1, -0.05) is 25.7 Å². The summed E-state index contributed by atoms with van der Waals surface area (Å²) >= 11 is 5.59. The molecule has 0 aromatic carbocycles. The van der Waals surface area contributed by atoms with Gasteiger partial charge in [0.2, 0.25) is 5.91 Å². The van der Waals surface area contributed by atoms with Gasteiger partial charge in [-0.05, 0) is 19.3 Å². The third-order valence-corrected chi connectivity index (χ3v) is 3.56. The van der Waals surface area contributed by atoms with Crippen LogP contribution in [-0.4, -0.2) is 29.8 Å². The van der Waals surface area contributed by atoms with Crippen molar-refractivity contribution in [2.24, 2.45) is 0 Å². The largest absolute Gasteiger partial charge is 0.343 e. The maximum atomic E-state index is 11.8. The fourth-order valence-corrected chi connectivity index (χ4v) is 2.38. The number of halogens is 1. The zero-order chi connectivity index (χ0) is 11.1. The van der Waals surface area contributed by atoms with E-state index >= 15 is 0 Å². The van der Waals surface area contributed by atoms with Crippen LogP contribution in [0.4, 0.5) is 0 Å². The molecule has 0 saturated heterocycles. The van der Waals surface area contributed by atoms with Crippen molar-refractivity contribution in [1.82, 2.24) is 4.90 Å². The third-order valence-electron chi connectivity index (χ3n) is 3.29. The van der Waals surface area contributed by atoms with Crippen molar-refractivity contribution in [3.8, 4) is 0 Å². The molecule has 1 rings (SSSR count). The lowest BCUT2D eigenvalue weighted by atomic mass is 10.1. The maximum Gasteiger partial charge on any atom is 0.222 e. The van der Waals surface area contributed by atoms with Crippen LogP contribution in [0.15, 0.2) is 0 Å². The van der Waals surface area contributed by atoms with E-state index in [0.29, 0.717) is 18.3 Å². The summed E-state index contributed by atoms with van der Waals surface area (Å²) in [6.45, 7) is 0. The molecule has 0 aliphatic heterocycles. The Morgan fingerprint density at radius 1 is 1.27 bits per heavy atom. The zero-order valence-corrected chi connectivity index (χ0v) is 10.4. The molecule has 88 valence electrons. The summed E-state index contributed by atoms with van der Waals surface area (Å²) in [5.74, 6) is 0.854. The molecule has 1 saturated carbocycles. The fourth-order valence-electron chi connectivity index (χ4n) is 2.24. The molecule has 1 aliphatic carbocycles. The van der Waals surface area contributed by atoms with Crippen LogP contribution in [0, 0.1) is 0 Å². The number of hydrogen-bond donors (Lipinski definition) is 0. The lowest BCUT2D eigenvalue weighted by Crippen LogP contribution is -2.36. The van der Waals surface area contributed by atoms with Crippen LogP contribution in [0.2, 0.25) is 0 Å². The highest BCUT2D eigenvalue weighted by molar-refractivity contribution is 6.17. The van der Waals surface area contributed by atoms with Crippen LogP contribution in [0.1, 0.15) is 51.4 Å². The topological polar surface area (TPSA) is 20.3 Å². The molecule has 0 heterocycles. The Kier molecular flexibility index (Phi) is 6.07. The van der Waals surface area contributed by atoms with Crippen molar-refractivity contribution in [1.29, 1.82) is 0 Å². The van der Waals surface area contributed by atoms with Crippen molar-refractivity contribution in [2.45, 2.75) is 57.4 Å². The summed E-state index contributed by atoms with van der Waals surface area (Å²) in [5.41, 5.74) is 0. The molecule has 0 aromatic rings. The van der Waals surface area contributed by atoms with Gasteiger partial charge < -0.3 is 4.90 Å². The van der Waals surface area contributed by atoms with Gasteiger partial charge in [-0.15, -0.1) is 11.6 Å². The Hall–Kier alpha value is -0.240. The average molecular weight is 232 g/mol. The molecule has 0 radical (unpaired) electrons. The van der Waals surface area contributed by atoms with Gasteiger partial charge >= 0.3 is 0 Å². The van der Waals surface area contributed by atoms with Crippen molar-refractivity contribution in [2.75, 3.05) is 12.9 Å². The van der Waals surface area contributed by atoms with E-state index in [2.05, 4.69) is 0 Å². The third kappa shape index (κ3) is 4.42. The summed E-state index contributed by atoms with van der Waals surface area (Å²) < 4.78 is 0. The second kappa shape index (κ2) is 7.10. The second-order valence-corrected chi connectivity index (χ2v) is 4.82. The first-order chi connectivity index (χ1) is 7.25. The fraction of sp³-hybridized carbons (Fsp3) is 0.917. The quantitative estimate of drug-likeness (QED) is 0.538. The van der Waals surface area contributed by atoms with Gasteiger partial charge in [0.15, 0.2) is 0 Å². The average Bonchev–Trinajstić information content (AvgIpc) is 2.53. The van der Waals surface area contributed by atoms with Crippen molar-refractivity contribution in [3.05, 3.63) is 0 Å². The number of alkyl halides is 1. The summed E-state index contributed by atoms with van der Waals surface area (Å²) in [6, 6.07) is 0.482. The first-order valence-electron chi connectivity index (χ1n) is 6.07. The van der Waals surface area contributed by atoms with E-state index in [-0.39, 0.29) is 5.91 Å². The molecule has 1 fully saturated rings. The normalized spacial score (nSPS) is 18.5. The van der Waals surface area contributed by atoms with Gasteiger partial charge in [0, 0.05) is 25.4 Å². The van der Waals surface area contributed by atoms with E-state index in [1.165, 1.54) is 38.5 Å². The van der Waals surface area contributed by atoms with Gasteiger partial charge in [0.05, 0.1) is 0 Å². The lowest BCUT2D eigenvalue weighted by Gasteiger charge is -2.27. The smallest absolute Gasteiger partial charge is 0.222 e. The Bertz CT molecular complexity index is 188. The highest BCUT2D eigenvalue weighted by Crippen LogP contribution is 2.21. The SMILES string of the molecule is CN(C(=O)CCCCl)C1CCCCCC1. The van der Waals surface area contributed by atoms with Gasteiger partial charge in [-0.2, -0.15) is 0 Å². The highest BCUT2D eigenvalue weighted by atomic mass is 35.5. The number of nitrogens with zero attached hydrogens (tertiary/aromatic N) is 1. The Morgan fingerprint density at radius 2 is 1.87 bits per heavy atom. The van der Waals surface area contributed by atoms with Crippen LogP contribution in [0.5, 0.6) is 0 Å². The van der Waals surface area contributed by atoms with Gasteiger partial charge in [0.25, 0.3) is 0 Å². The van der Waals surface area contributed by atoms with E-state index < -0.39 is 0 Å². The number of rotatable bonds is 4. The minimum absolute atomic E-state index is 0.266. The summed E-state index contributed by atoms with van der Waals surface area (Å²) in [4.78, 5) is 13.7. The van der Waals surface area contributed by atoms with Crippen LogP contribution in [0.3, 0.4) is 0 Å². The number of hydrogen-bond acceptors (Lipinski definition) is 1. The Balaban J connectivity index is 2.35. The Labute approximate surface area is 98.0 Å². The predicted molar refractivity (Wildman–Crippen MR) is 64.2 cm³/mol. The summed E-state index contributed by atoms with van der Waals surface area (Å²) in [6.07, 6.45) is 9.00. The van der Waals surface area contributed by atoms with E-state index in [0.717, 1.165) is 6.42 Å². The van der Waals surface area contributed by atoms with Gasteiger partial charge in [0.1, 0.15) is 0 Å². The first kappa shape index (κ1) is 12.8. The molecule has 15 heavy (non-hydrogen) atoms. The van der Waals surface area contributed by atoms with Crippen molar-refractivity contribution in [3.63, 3.8) is 0 Å². The molecule has 0 bridgehead atoms. The molecule has 3 heteroatoms. The van der Waals surface area contributed by atoms with Crippen LogP contribution in [0.25, 0.3) is 0 Å². The van der Waals surface area contributed by atoms with Crippen LogP contribution < -0.4 is 0 Å². The predicted octanol–water partition coefficient (Wildman–Crippen LogP) is 3.19. The van der Waals surface area contributed by atoms with Crippen LogP contribution >= 0.6 is 11.6 Å². The monoisotopic (exact) mass is 231 g/mol. The zero-order valence-electron chi connectivity index (χ0n) is 9.67. The maximum absolute atomic E-state index is 11.8. The molecular weight excluding hydrogens is 210 g/mol. The molecule has 0 aromatic heterocycles. The molecule has 0 spiro atoms. The molecule has 0 N–H and O–H groups in total. The minimum Gasteiger partial charge on any atom is -0.343 e. The summed E-state index contributed by atoms with van der Waals surface area (Å²) in [5, 5.41) is 0.